The average molecular weight is 304 g/mol. The maximum absolute atomic E-state index is 12.4. The molecule has 1 saturated carbocycles. The Kier molecular flexibility index (Phi) is 3.64. The fraction of sp³-hybridized carbons (Fsp3) is 0.812. The van der Waals surface area contributed by atoms with Crippen LogP contribution in [0.15, 0.2) is 0 Å². The summed E-state index contributed by atoms with van der Waals surface area (Å²) in [5.74, 6) is 3.17. The summed E-state index contributed by atoms with van der Waals surface area (Å²) in [7, 11) is 0. The minimum absolute atomic E-state index is 0.119. The molecule has 2 atom stereocenters. The Morgan fingerprint density at radius 1 is 1.27 bits per heavy atom. The number of hydrogen-bond donors (Lipinski definition) is 0. The van der Waals surface area contributed by atoms with Gasteiger partial charge in [0.05, 0.1) is 12.0 Å². The van der Waals surface area contributed by atoms with Crippen molar-refractivity contribution in [2.24, 2.45) is 5.92 Å². The number of amides is 1. The predicted octanol–water partition coefficient (Wildman–Crippen LogP) is 1.36. The van der Waals surface area contributed by atoms with Crippen LogP contribution in [0, 0.1) is 5.92 Å². The van der Waals surface area contributed by atoms with Crippen molar-refractivity contribution in [3.63, 3.8) is 0 Å². The molecule has 0 spiro atoms. The van der Waals surface area contributed by atoms with Crippen LogP contribution in [0.4, 0.5) is 0 Å². The van der Waals surface area contributed by atoms with Crippen LogP contribution in [-0.2, 0) is 22.5 Å². The first kappa shape index (κ1) is 14.2. The Labute approximate surface area is 130 Å². The van der Waals surface area contributed by atoms with Gasteiger partial charge in [0.25, 0.3) is 0 Å². The van der Waals surface area contributed by atoms with Gasteiger partial charge in [0, 0.05) is 38.6 Å². The van der Waals surface area contributed by atoms with E-state index in [4.69, 9.17) is 4.74 Å². The Morgan fingerprint density at radius 2 is 2.09 bits per heavy atom. The molecule has 1 aromatic heterocycles. The summed E-state index contributed by atoms with van der Waals surface area (Å²) >= 11 is 0. The lowest BCUT2D eigenvalue weighted by Crippen LogP contribution is -2.39. The van der Waals surface area contributed by atoms with Gasteiger partial charge in [-0.05, 0) is 32.6 Å². The van der Waals surface area contributed by atoms with Gasteiger partial charge in [0.15, 0.2) is 0 Å². The monoisotopic (exact) mass is 304 g/mol. The Bertz CT molecular complexity index is 562. The van der Waals surface area contributed by atoms with Gasteiger partial charge in [-0.3, -0.25) is 4.79 Å². The van der Waals surface area contributed by atoms with E-state index in [-0.39, 0.29) is 12.0 Å². The molecule has 1 saturated heterocycles. The highest BCUT2D eigenvalue weighted by molar-refractivity contribution is 5.82. The molecule has 3 aliphatic rings. The topological polar surface area (TPSA) is 60.2 Å². The van der Waals surface area contributed by atoms with Gasteiger partial charge in [-0.1, -0.05) is 0 Å². The van der Waals surface area contributed by atoms with Crippen LogP contribution in [0.2, 0.25) is 0 Å². The van der Waals surface area contributed by atoms with E-state index < -0.39 is 0 Å². The van der Waals surface area contributed by atoms with Crippen molar-refractivity contribution in [3.05, 3.63) is 11.6 Å². The summed E-state index contributed by atoms with van der Waals surface area (Å²) in [5.41, 5.74) is 0. The number of nitrogens with zero attached hydrogens (tertiary/aromatic N) is 4. The highest BCUT2D eigenvalue weighted by atomic mass is 16.5. The number of carbonyl (C=O) groups excluding carboxylic acids is 1. The first-order valence-electron chi connectivity index (χ1n) is 8.60. The summed E-state index contributed by atoms with van der Waals surface area (Å²) in [5, 5.41) is 8.72. The second-order valence-electron chi connectivity index (χ2n) is 6.67. The van der Waals surface area contributed by atoms with Gasteiger partial charge in [-0.2, -0.15) is 0 Å². The SMILES string of the molecule is CCOC1CC1C(=O)N1CCC(c2nnc3n2CCC3)CC1. The van der Waals surface area contributed by atoms with Crippen molar-refractivity contribution in [3.8, 4) is 0 Å². The molecule has 2 fully saturated rings. The normalized spacial score (nSPS) is 28.0. The summed E-state index contributed by atoms with van der Waals surface area (Å²) in [4.78, 5) is 14.5. The maximum atomic E-state index is 12.4. The summed E-state index contributed by atoms with van der Waals surface area (Å²) in [6.07, 6.45) is 5.35. The standard InChI is InChI=1S/C16H24N4O2/c1-2-22-13-10-12(13)16(21)19-8-5-11(6-9-19)15-18-17-14-4-3-7-20(14)15/h11-13H,2-10H2,1H3. The van der Waals surface area contributed by atoms with Crippen molar-refractivity contribution in [2.75, 3.05) is 19.7 Å². The molecule has 0 aromatic carbocycles. The van der Waals surface area contributed by atoms with Gasteiger partial charge >= 0.3 is 0 Å². The number of likely N-dealkylation sites (tertiary alicyclic amines) is 1. The number of aromatic nitrogens is 3. The lowest BCUT2D eigenvalue weighted by atomic mass is 9.95. The van der Waals surface area contributed by atoms with Crippen LogP contribution in [0.5, 0.6) is 0 Å². The van der Waals surface area contributed by atoms with Crippen LogP contribution in [0.25, 0.3) is 0 Å². The molecular weight excluding hydrogens is 280 g/mol. The third kappa shape index (κ3) is 2.43. The number of aryl methyl sites for hydroxylation is 1. The number of rotatable bonds is 4. The van der Waals surface area contributed by atoms with E-state index in [2.05, 4.69) is 14.8 Å². The number of ether oxygens (including phenoxy) is 1. The molecule has 1 aliphatic carbocycles. The molecule has 2 unspecified atom stereocenters. The number of carbonyl (C=O) groups is 1. The van der Waals surface area contributed by atoms with Crippen molar-refractivity contribution in [2.45, 2.75) is 57.6 Å². The van der Waals surface area contributed by atoms with E-state index in [1.807, 2.05) is 11.8 Å². The molecule has 6 heteroatoms. The third-order valence-electron chi connectivity index (χ3n) is 5.24. The zero-order chi connectivity index (χ0) is 15.1. The first-order valence-corrected chi connectivity index (χ1v) is 8.60. The van der Waals surface area contributed by atoms with E-state index >= 15 is 0 Å². The van der Waals surface area contributed by atoms with E-state index in [0.29, 0.717) is 18.4 Å². The van der Waals surface area contributed by atoms with Crippen LogP contribution < -0.4 is 0 Å². The highest BCUT2D eigenvalue weighted by Crippen LogP contribution is 2.37. The number of hydrogen-bond acceptors (Lipinski definition) is 4. The molecule has 0 N–H and O–H groups in total. The largest absolute Gasteiger partial charge is 0.378 e. The zero-order valence-corrected chi connectivity index (χ0v) is 13.2. The fourth-order valence-electron chi connectivity index (χ4n) is 3.90. The summed E-state index contributed by atoms with van der Waals surface area (Å²) < 4.78 is 7.84. The molecule has 3 heterocycles. The molecule has 0 bridgehead atoms. The van der Waals surface area contributed by atoms with Crippen molar-refractivity contribution in [1.82, 2.24) is 19.7 Å². The molecule has 1 amide bonds. The zero-order valence-electron chi connectivity index (χ0n) is 13.2. The van der Waals surface area contributed by atoms with Gasteiger partial charge in [0.2, 0.25) is 5.91 Å². The van der Waals surface area contributed by atoms with Crippen LogP contribution in [0.3, 0.4) is 0 Å². The highest BCUT2D eigenvalue weighted by Gasteiger charge is 2.46. The molecule has 0 radical (unpaired) electrons. The van der Waals surface area contributed by atoms with Gasteiger partial charge in [-0.25, -0.2) is 0 Å². The Hall–Kier alpha value is -1.43. The van der Waals surface area contributed by atoms with E-state index in [1.54, 1.807) is 0 Å². The van der Waals surface area contributed by atoms with Gasteiger partial charge in [-0.15, -0.1) is 10.2 Å². The summed E-state index contributed by atoms with van der Waals surface area (Å²) in [6, 6.07) is 0. The second-order valence-corrected chi connectivity index (χ2v) is 6.67. The quantitative estimate of drug-likeness (QED) is 0.842. The number of piperidine rings is 1. The minimum Gasteiger partial charge on any atom is -0.378 e. The molecule has 22 heavy (non-hydrogen) atoms. The van der Waals surface area contributed by atoms with E-state index in [0.717, 1.165) is 57.0 Å². The molecule has 2 aliphatic heterocycles. The number of fused-ring (bicyclic) bond motifs is 1. The molecular formula is C16H24N4O2. The smallest absolute Gasteiger partial charge is 0.228 e. The average Bonchev–Trinajstić information content (AvgIpc) is 2.96. The Morgan fingerprint density at radius 3 is 2.86 bits per heavy atom. The summed E-state index contributed by atoms with van der Waals surface area (Å²) in [6.45, 7) is 5.45. The van der Waals surface area contributed by atoms with Crippen molar-refractivity contribution < 1.29 is 9.53 Å². The van der Waals surface area contributed by atoms with E-state index in [9.17, 15) is 4.79 Å². The first-order chi connectivity index (χ1) is 10.8. The molecule has 120 valence electrons. The minimum atomic E-state index is 0.119. The maximum Gasteiger partial charge on any atom is 0.228 e. The van der Waals surface area contributed by atoms with Crippen LogP contribution in [0.1, 0.15) is 50.2 Å². The molecule has 4 rings (SSSR count). The second kappa shape index (κ2) is 5.65. The lowest BCUT2D eigenvalue weighted by molar-refractivity contribution is -0.134. The van der Waals surface area contributed by atoms with Crippen molar-refractivity contribution in [1.29, 1.82) is 0 Å². The third-order valence-corrected chi connectivity index (χ3v) is 5.24. The van der Waals surface area contributed by atoms with Crippen molar-refractivity contribution >= 4 is 5.91 Å². The van der Waals surface area contributed by atoms with E-state index in [1.165, 1.54) is 6.42 Å². The molecule has 1 aromatic rings. The van der Waals surface area contributed by atoms with Crippen LogP contribution >= 0.6 is 0 Å². The van der Waals surface area contributed by atoms with Crippen LogP contribution in [-0.4, -0.2) is 51.4 Å². The van der Waals surface area contributed by atoms with Gasteiger partial charge < -0.3 is 14.2 Å². The van der Waals surface area contributed by atoms with Gasteiger partial charge in [0.1, 0.15) is 11.6 Å². The molecule has 6 nitrogen and oxygen atoms in total. The lowest BCUT2D eigenvalue weighted by Gasteiger charge is -2.31. The predicted molar refractivity (Wildman–Crippen MR) is 80.4 cm³/mol. The fourth-order valence-corrected chi connectivity index (χ4v) is 3.90. The Balaban J connectivity index is 1.34.